The van der Waals surface area contributed by atoms with Crippen LogP contribution in [0.5, 0.6) is 0 Å². The smallest absolute Gasteiger partial charge is 0.270 e. The Hall–Kier alpha value is -1.84. The minimum absolute atomic E-state index is 0.0669. The number of hydrogen-bond acceptors (Lipinski definition) is 3. The van der Waals surface area contributed by atoms with Gasteiger partial charge >= 0.3 is 0 Å². The van der Waals surface area contributed by atoms with Crippen molar-refractivity contribution in [1.82, 2.24) is 0 Å². The van der Waals surface area contributed by atoms with E-state index < -0.39 is 4.92 Å². The molecule has 0 saturated carbocycles. The molecule has 0 saturated heterocycles. The summed E-state index contributed by atoms with van der Waals surface area (Å²) in [5.41, 5.74) is 0.0669. The Morgan fingerprint density at radius 3 is 3.08 bits per heavy atom. The molecule has 59 valence electrons. The molecule has 0 aliphatic heterocycles. The monoisotopic (exact) mass is 162 g/mol. The van der Waals surface area contributed by atoms with Crippen molar-refractivity contribution >= 4 is 16.5 Å². The quantitative estimate of drug-likeness (QED) is 0.476. The van der Waals surface area contributed by atoms with E-state index in [0.717, 1.165) is 5.39 Å². The van der Waals surface area contributed by atoms with Crippen molar-refractivity contribution in [1.29, 1.82) is 0 Å². The Morgan fingerprint density at radius 1 is 1.50 bits per heavy atom. The molecule has 0 spiro atoms. The van der Waals surface area contributed by atoms with Crippen LogP contribution in [0, 0.1) is 16.4 Å². The topological polar surface area (TPSA) is 56.3 Å². The highest BCUT2D eigenvalue weighted by Gasteiger charge is 2.06. The van der Waals surface area contributed by atoms with E-state index in [1.165, 1.54) is 18.4 Å². The normalized spacial score (nSPS) is 10.3. The molecule has 1 aromatic heterocycles. The minimum Gasteiger partial charge on any atom is -0.460 e. The molecule has 0 amide bonds. The lowest BCUT2D eigenvalue weighted by molar-refractivity contribution is -0.384. The number of nitrogens with zero attached hydrogens (tertiary/aromatic N) is 1. The van der Waals surface area contributed by atoms with Crippen LogP contribution in [-0.2, 0) is 0 Å². The molecule has 4 heteroatoms. The second kappa shape index (κ2) is 2.34. The fourth-order valence-corrected chi connectivity index (χ4v) is 1.01. The standard InChI is InChI=1S/C8H4NO3/c10-9(11)8-2-1-6-4-12-5-7(6)3-8/h1-3,5H. The van der Waals surface area contributed by atoms with Gasteiger partial charge in [0.1, 0.15) is 0 Å². The van der Waals surface area contributed by atoms with E-state index in [2.05, 4.69) is 6.26 Å². The lowest BCUT2D eigenvalue weighted by Gasteiger charge is -1.88. The number of benzene rings is 1. The molecule has 2 rings (SSSR count). The van der Waals surface area contributed by atoms with Gasteiger partial charge in [0.25, 0.3) is 5.69 Å². The van der Waals surface area contributed by atoms with Gasteiger partial charge in [0.05, 0.1) is 11.2 Å². The van der Waals surface area contributed by atoms with Crippen LogP contribution < -0.4 is 0 Å². The zero-order chi connectivity index (χ0) is 8.55. The molecule has 12 heavy (non-hydrogen) atoms. The van der Waals surface area contributed by atoms with Gasteiger partial charge in [-0.25, -0.2) is 0 Å². The third kappa shape index (κ3) is 0.934. The molecule has 0 N–H and O–H groups in total. The molecule has 0 aliphatic rings. The van der Waals surface area contributed by atoms with E-state index in [1.54, 1.807) is 6.07 Å². The van der Waals surface area contributed by atoms with Crippen LogP contribution in [0.1, 0.15) is 0 Å². The maximum atomic E-state index is 10.3. The fraction of sp³-hybridized carbons (Fsp3) is 0. The van der Waals surface area contributed by atoms with E-state index in [0.29, 0.717) is 5.39 Å². The highest BCUT2D eigenvalue weighted by molar-refractivity contribution is 5.82. The van der Waals surface area contributed by atoms with Gasteiger partial charge in [-0.05, 0) is 6.07 Å². The second-order valence-corrected chi connectivity index (χ2v) is 2.37. The predicted octanol–water partition coefficient (Wildman–Crippen LogP) is 2.14. The zero-order valence-corrected chi connectivity index (χ0v) is 5.98. The molecule has 1 aromatic carbocycles. The van der Waals surface area contributed by atoms with Crippen molar-refractivity contribution in [2.45, 2.75) is 0 Å². The van der Waals surface area contributed by atoms with E-state index in [-0.39, 0.29) is 5.69 Å². The van der Waals surface area contributed by atoms with E-state index in [9.17, 15) is 10.1 Å². The first-order valence-electron chi connectivity index (χ1n) is 3.31. The summed E-state index contributed by atoms with van der Waals surface area (Å²) in [5.74, 6) is 0. The van der Waals surface area contributed by atoms with Gasteiger partial charge in [-0.1, -0.05) is 0 Å². The lowest BCUT2D eigenvalue weighted by Crippen LogP contribution is -1.85. The average molecular weight is 162 g/mol. The maximum Gasteiger partial charge on any atom is 0.270 e. The molecular weight excluding hydrogens is 158 g/mol. The van der Waals surface area contributed by atoms with Crippen LogP contribution in [0.2, 0.25) is 0 Å². The molecule has 4 nitrogen and oxygen atoms in total. The van der Waals surface area contributed by atoms with Gasteiger partial charge in [0, 0.05) is 22.9 Å². The summed E-state index contributed by atoms with van der Waals surface area (Å²) in [6, 6.07) is 4.49. The molecule has 0 unspecified atom stereocenters. The van der Waals surface area contributed by atoms with Crippen LogP contribution in [0.4, 0.5) is 5.69 Å². The molecule has 0 bridgehead atoms. The third-order valence-electron chi connectivity index (χ3n) is 1.60. The Balaban J connectivity index is 2.68. The first-order valence-corrected chi connectivity index (χ1v) is 3.31. The summed E-state index contributed by atoms with van der Waals surface area (Å²) in [7, 11) is 0. The van der Waals surface area contributed by atoms with E-state index >= 15 is 0 Å². The van der Waals surface area contributed by atoms with E-state index in [1.807, 2.05) is 0 Å². The molecule has 0 fully saturated rings. The number of nitro benzene ring substituents is 1. The van der Waals surface area contributed by atoms with Crippen molar-refractivity contribution in [3.05, 3.63) is 40.8 Å². The summed E-state index contributed by atoms with van der Waals surface area (Å²) in [6.45, 7) is 0. The number of rotatable bonds is 1. The van der Waals surface area contributed by atoms with Crippen LogP contribution in [0.15, 0.2) is 28.9 Å². The van der Waals surface area contributed by atoms with Crippen molar-refractivity contribution in [2.24, 2.45) is 0 Å². The first kappa shape index (κ1) is 6.84. The van der Waals surface area contributed by atoms with Crippen LogP contribution in [-0.4, -0.2) is 4.92 Å². The number of fused-ring (bicyclic) bond motifs is 1. The van der Waals surface area contributed by atoms with Crippen LogP contribution in [0.3, 0.4) is 0 Å². The predicted molar refractivity (Wildman–Crippen MR) is 41.7 cm³/mol. The maximum absolute atomic E-state index is 10.3. The Morgan fingerprint density at radius 2 is 2.33 bits per heavy atom. The van der Waals surface area contributed by atoms with Gasteiger partial charge in [0.15, 0.2) is 6.26 Å². The average Bonchev–Trinajstić information content (AvgIpc) is 2.49. The SMILES string of the molecule is O=[N+]([O-])c1ccc2[c]occ2c1. The van der Waals surface area contributed by atoms with Gasteiger partial charge in [-0.3, -0.25) is 10.1 Å². The number of nitro groups is 1. The van der Waals surface area contributed by atoms with Crippen molar-refractivity contribution in [3.63, 3.8) is 0 Å². The Bertz CT molecular complexity index is 433. The van der Waals surface area contributed by atoms with Gasteiger partial charge in [-0.2, -0.15) is 0 Å². The van der Waals surface area contributed by atoms with Crippen molar-refractivity contribution in [2.75, 3.05) is 0 Å². The third-order valence-corrected chi connectivity index (χ3v) is 1.60. The number of non-ortho nitro benzene ring substituents is 1. The Labute approximate surface area is 67.6 Å². The molecular formula is C8H4NO3. The minimum atomic E-state index is -0.438. The molecule has 2 aromatic rings. The Kier molecular flexibility index (Phi) is 1.33. The van der Waals surface area contributed by atoms with Crippen LogP contribution >= 0.6 is 0 Å². The second-order valence-electron chi connectivity index (χ2n) is 2.37. The summed E-state index contributed by atoms with van der Waals surface area (Å²) in [6.07, 6.45) is 4.02. The van der Waals surface area contributed by atoms with Crippen molar-refractivity contribution < 1.29 is 9.34 Å². The highest BCUT2D eigenvalue weighted by atomic mass is 16.6. The van der Waals surface area contributed by atoms with Crippen LogP contribution in [0.25, 0.3) is 10.8 Å². The fourth-order valence-electron chi connectivity index (χ4n) is 1.01. The zero-order valence-electron chi connectivity index (χ0n) is 5.98. The molecule has 0 atom stereocenters. The summed E-state index contributed by atoms with van der Waals surface area (Å²) >= 11 is 0. The summed E-state index contributed by atoms with van der Waals surface area (Å²) in [4.78, 5) is 9.89. The number of hydrogen-bond donors (Lipinski definition) is 0. The van der Waals surface area contributed by atoms with Gasteiger partial charge in [0.2, 0.25) is 0 Å². The highest BCUT2D eigenvalue weighted by Crippen LogP contribution is 2.20. The summed E-state index contributed by atoms with van der Waals surface area (Å²) < 4.78 is 4.75. The molecule has 0 aliphatic carbocycles. The summed E-state index contributed by atoms with van der Waals surface area (Å²) in [5, 5.41) is 11.8. The first-order chi connectivity index (χ1) is 5.77. The lowest BCUT2D eigenvalue weighted by atomic mass is 10.2. The van der Waals surface area contributed by atoms with Crippen molar-refractivity contribution in [3.8, 4) is 0 Å². The molecule has 1 radical (unpaired) electrons. The van der Waals surface area contributed by atoms with Gasteiger partial charge in [-0.15, -0.1) is 0 Å². The van der Waals surface area contributed by atoms with E-state index in [4.69, 9.17) is 4.42 Å². The molecule has 1 heterocycles. The van der Waals surface area contributed by atoms with Gasteiger partial charge < -0.3 is 4.42 Å². The largest absolute Gasteiger partial charge is 0.460 e. The number of furan rings is 1.